The summed E-state index contributed by atoms with van der Waals surface area (Å²) >= 11 is 1.49. The third-order valence-corrected chi connectivity index (χ3v) is 6.10. The molecule has 2 N–H and O–H groups in total. The number of carbonyl (C=O) groups excluding carboxylic acids is 1. The van der Waals surface area contributed by atoms with E-state index in [2.05, 4.69) is 10.0 Å². The number of carbonyl (C=O) groups is 1. The van der Waals surface area contributed by atoms with E-state index in [-0.39, 0.29) is 13.0 Å². The molecule has 0 radical (unpaired) electrons. The third-order valence-electron chi connectivity index (χ3n) is 3.95. The highest BCUT2D eigenvalue weighted by Crippen LogP contribution is 2.15. The maximum Gasteiger partial charge on any atom is 0.244 e. The molecule has 0 fully saturated rings. The minimum absolute atomic E-state index is 0.216. The van der Waals surface area contributed by atoms with Crippen LogP contribution in [0.1, 0.15) is 12.0 Å². The monoisotopic (exact) mass is 426 g/mol. The van der Waals surface area contributed by atoms with Crippen LogP contribution in [-0.4, -0.2) is 39.5 Å². The van der Waals surface area contributed by atoms with Gasteiger partial charge in [0.15, 0.2) is 0 Å². The van der Waals surface area contributed by atoms with Crippen LogP contribution in [0.25, 0.3) is 0 Å². The summed E-state index contributed by atoms with van der Waals surface area (Å²) in [5, 5.41) is 2.72. The summed E-state index contributed by atoms with van der Waals surface area (Å²) in [6.07, 6.45) is 2.13. The van der Waals surface area contributed by atoms with Crippen molar-refractivity contribution in [2.24, 2.45) is 0 Å². The molecule has 1 amide bonds. The van der Waals surface area contributed by atoms with Crippen molar-refractivity contribution in [2.75, 3.05) is 19.1 Å². The summed E-state index contributed by atoms with van der Waals surface area (Å²) in [5.41, 5.74) is 0.813. The zero-order chi connectivity index (χ0) is 20.6. The quantitative estimate of drug-likeness (QED) is 0.610. The van der Waals surface area contributed by atoms with Crippen molar-refractivity contribution in [3.8, 4) is 5.75 Å². The van der Waals surface area contributed by atoms with E-state index >= 15 is 0 Å². The molecule has 152 valence electrons. The molecule has 0 aliphatic heterocycles. The SMILES string of the molecule is COc1cccc(CNC(=O)C(CCSC)NS(=O)(=O)c2ccccc2F)c1. The number of sulfonamides is 1. The molecule has 0 spiro atoms. The fourth-order valence-corrected chi connectivity index (χ4v) is 4.27. The first-order valence-electron chi connectivity index (χ1n) is 8.54. The Morgan fingerprint density at radius 1 is 1.21 bits per heavy atom. The van der Waals surface area contributed by atoms with Crippen molar-refractivity contribution < 1.29 is 22.3 Å². The number of rotatable bonds is 10. The van der Waals surface area contributed by atoms with E-state index in [0.29, 0.717) is 11.5 Å². The number of nitrogens with one attached hydrogen (secondary N) is 2. The van der Waals surface area contributed by atoms with Gasteiger partial charge in [-0.15, -0.1) is 0 Å². The van der Waals surface area contributed by atoms with Crippen molar-refractivity contribution in [3.63, 3.8) is 0 Å². The van der Waals surface area contributed by atoms with Crippen molar-refractivity contribution in [1.29, 1.82) is 0 Å². The molecule has 0 bridgehead atoms. The first kappa shape index (κ1) is 22.2. The Kier molecular flexibility index (Phi) is 8.28. The number of thioether (sulfide) groups is 1. The van der Waals surface area contributed by atoms with Crippen molar-refractivity contribution in [3.05, 3.63) is 59.9 Å². The molecule has 0 aliphatic rings. The molecular formula is C19H23FN2O4S2. The normalized spacial score (nSPS) is 12.4. The Morgan fingerprint density at radius 3 is 2.64 bits per heavy atom. The minimum atomic E-state index is -4.17. The Labute approximate surface area is 168 Å². The maximum absolute atomic E-state index is 13.9. The Morgan fingerprint density at radius 2 is 1.96 bits per heavy atom. The Bertz CT molecular complexity index is 906. The van der Waals surface area contributed by atoms with Crippen molar-refractivity contribution in [1.82, 2.24) is 10.0 Å². The standard InChI is InChI=1S/C19H23FN2O4S2/c1-26-15-7-5-6-14(12-15)13-21-19(23)17(10-11-27-2)22-28(24,25)18-9-4-3-8-16(18)20/h3-9,12,17,22H,10-11,13H2,1-2H3,(H,21,23). The molecule has 0 heterocycles. The van der Waals surface area contributed by atoms with Gasteiger partial charge in [0.05, 0.1) is 7.11 Å². The van der Waals surface area contributed by atoms with Crippen LogP contribution in [0.15, 0.2) is 53.4 Å². The van der Waals surface area contributed by atoms with Gasteiger partial charge in [-0.25, -0.2) is 12.8 Å². The maximum atomic E-state index is 13.9. The number of halogens is 1. The molecule has 1 atom stereocenters. The van der Waals surface area contributed by atoms with Gasteiger partial charge in [0, 0.05) is 6.54 Å². The average molecular weight is 427 g/mol. The number of benzene rings is 2. The fraction of sp³-hybridized carbons (Fsp3) is 0.316. The van der Waals surface area contributed by atoms with E-state index in [1.165, 1.54) is 23.9 Å². The van der Waals surface area contributed by atoms with Gasteiger partial charge < -0.3 is 10.1 Å². The molecule has 9 heteroatoms. The van der Waals surface area contributed by atoms with Gasteiger partial charge in [-0.1, -0.05) is 24.3 Å². The second-order valence-corrected chi connectivity index (χ2v) is 8.62. The molecule has 2 aromatic rings. The lowest BCUT2D eigenvalue weighted by molar-refractivity contribution is -0.122. The predicted octanol–water partition coefficient (Wildman–Crippen LogP) is 2.55. The van der Waals surface area contributed by atoms with Gasteiger partial charge in [0.25, 0.3) is 0 Å². The molecule has 6 nitrogen and oxygen atoms in total. The number of ether oxygens (including phenoxy) is 1. The van der Waals surface area contributed by atoms with Crippen LogP contribution in [0.3, 0.4) is 0 Å². The van der Waals surface area contributed by atoms with Gasteiger partial charge in [-0.2, -0.15) is 16.5 Å². The van der Waals surface area contributed by atoms with Crippen LogP contribution in [-0.2, 0) is 21.4 Å². The van der Waals surface area contributed by atoms with Gasteiger partial charge in [-0.3, -0.25) is 4.79 Å². The average Bonchev–Trinajstić information content (AvgIpc) is 2.69. The highest BCUT2D eigenvalue weighted by molar-refractivity contribution is 7.98. The molecular weight excluding hydrogens is 403 g/mol. The number of hydrogen-bond donors (Lipinski definition) is 2. The van der Waals surface area contributed by atoms with Crippen LogP contribution in [0.4, 0.5) is 4.39 Å². The zero-order valence-corrected chi connectivity index (χ0v) is 17.3. The summed E-state index contributed by atoms with van der Waals surface area (Å²) in [6.45, 7) is 0.216. The molecule has 0 saturated heterocycles. The first-order valence-corrected chi connectivity index (χ1v) is 11.4. The largest absolute Gasteiger partial charge is 0.497 e. The second-order valence-electron chi connectivity index (χ2n) is 5.96. The molecule has 28 heavy (non-hydrogen) atoms. The highest BCUT2D eigenvalue weighted by Gasteiger charge is 2.27. The van der Waals surface area contributed by atoms with Crippen LogP contribution >= 0.6 is 11.8 Å². The van der Waals surface area contributed by atoms with E-state index in [9.17, 15) is 17.6 Å². The van der Waals surface area contributed by atoms with E-state index in [1.807, 2.05) is 12.3 Å². The van der Waals surface area contributed by atoms with E-state index in [1.54, 1.807) is 25.3 Å². The van der Waals surface area contributed by atoms with E-state index in [4.69, 9.17) is 4.74 Å². The van der Waals surface area contributed by atoms with Crippen molar-refractivity contribution in [2.45, 2.75) is 23.9 Å². The zero-order valence-electron chi connectivity index (χ0n) is 15.6. The molecule has 0 aromatic heterocycles. The minimum Gasteiger partial charge on any atom is -0.497 e. The second kappa shape index (κ2) is 10.4. The summed E-state index contributed by atoms with van der Waals surface area (Å²) in [7, 11) is -2.63. The van der Waals surface area contributed by atoms with Crippen LogP contribution < -0.4 is 14.8 Å². The van der Waals surface area contributed by atoms with Gasteiger partial charge in [-0.05, 0) is 48.3 Å². The summed E-state index contributed by atoms with van der Waals surface area (Å²) in [6, 6.07) is 11.2. The lowest BCUT2D eigenvalue weighted by Gasteiger charge is -2.18. The molecule has 1 unspecified atom stereocenters. The molecule has 2 aromatic carbocycles. The van der Waals surface area contributed by atoms with Gasteiger partial charge >= 0.3 is 0 Å². The first-order chi connectivity index (χ1) is 13.4. The Hall–Kier alpha value is -2.10. The van der Waals surface area contributed by atoms with Crippen LogP contribution in [0.5, 0.6) is 5.75 Å². The van der Waals surface area contributed by atoms with Crippen molar-refractivity contribution >= 4 is 27.7 Å². The van der Waals surface area contributed by atoms with Gasteiger partial charge in [0.2, 0.25) is 15.9 Å². The number of amides is 1. The Balaban J connectivity index is 2.11. The molecule has 0 saturated carbocycles. The summed E-state index contributed by atoms with van der Waals surface area (Å²) < 4.78 is 46.4. The number of methoxy groups -OCH3 is 1. The predicted molar refractivity (Wildman–Crippen MR) is 108 cm³/mol. The fourth-order valence-electron chi connectivity index (χ4n) is 2.49. The number of hydrogen-bond acceptors (Lipinski definition) is 5. The van der Waals surface area contributed by atoms with Crippen LogP contribution in [0.2, 0.25) is 0 Å². The van der Waals surface area contributed by atoms with E-state index < -0.39 is 32.7 Å². The lowest BCUT2D eigenvalue weighted by atomic mass is 10.2. The molecule has 0 aliphatic carbocycles. The smallest absolute Gasteiger partial charge is 0.244 e. The highest BCUT2D eigenvalue weighted by atomic mass is 32.2. The third kappa shape index (κ3) is 6.22. The molecule has 2 rings (SSSR count). The van der Waals surface area contributed by atoms with Gasteiger partial charge in [0.1, 0.15) is 22.5 Å². The summed E-state index contributed by atoms with van der Waals surface area (Å²) in [4.78, 5) is 12.1. The van der Waals surface area contributed by atoms with Crippen LogP contribution in [0, 0.1) is 5.82 Å². The summed E-state index contributed by atoms with van der Waals surface area (Å²) in [5.74, 6) is -0.116. The van der Waals surface area contributed by atoms with E-state index in [0.717, 1.165) is 17.7 Å². The lowest BCUT2D eigenvalue weighted by Crippen LogP contribution is -2.46. The topological polar surface area (TPSA) is 84.5 Å².